The summed E-state index contributed by atoms with van der Waals surface area (Å²) >= 11 is 0. The minimum atomic E-state index is -0.937. The Kier molecular flexibility index (Phi) is 5.01. The first kappa shape index (κ1) is 19.1. The number of fused-ring (bicyclic) bond motifs is 3. The summed E-state index contributed by atoms with van der Waals surface area (Å²) in [7, 11) is 1.55. The smallest absolute Gasteiger partial charge is 0.337 e. The minimum absolute atomic E-state index is 0.300. The molecule has 0 bridgehead atoms. The minimum Gasteiger partial charge on any atom is -0.497 e. The highest BCUT2D eigenvalue weighted by Crippen LogP contribution is 2.34. The number of hydrogen-bond acceptors (Lipinski definition) is 3. The van der Waals surface area contributed by atoms with Gasteiger partial charge in [-0.15, -0.1) is 0 Å². The Hall–Kier alpha value is -3.28. The molecule has 0 saturated heterocycles. The van der Waals surface area contributed by atoms with Crippen LogP contribution in [0.5, 0.6) is 5.75 Å². The van der Waals surface area contributed by atoms with Gasteiger partial charge in [0.05, 0.1) is 18.2 Å². The summed E-state index contributed by atoms with van der Waals surface area (Å²) in [6.45, 7) is 0.452. The first-order valence-corrected chi connectivity index (χ1v) is 9.83. The first-order valence-electron chi connectivity index (χ1n) is 9.83. The predicted molar refractivity (Wildman–Crippen MR) is 111 cm³/mol. The lowest BCUT2D eigenvalue weighted by Crippen LogP contribution is -2.13. The van der Waals surface area contributed by atoms with E-state index in [1.54, 1.807) is 25.3 Å². The molecule has 4 rings (SSSR count). The monoisotopic (exact) mass is 392 g/mol. The molecule has 3 N–H and O–H groups in total. The van der Waals surface area contributed by atoms with Gasteiger partial charge in [-0.1, -0.05) is 18.6 Å². The number of amides is 1. The van der Waals surface area contributed by atoms with Crippen molar-refractivity contribution in [3.63, 3.8) is 0 Å². The first-order chi connectivity index (χ1) is 14.0. The molecule has 6 nitrogen and oxygen atoms in total. The van der Waals surface area contributed by atoms with Crippen LogP contribution in [0.25, 0.3) is 10.9 Å². The highest BCUT2D eigenvalue weighted by atomic mass is 16.5. The number of carbonyl (C=O) groups is 2. The summed E-state index contributed by atoms with van der Waals surface area (Å²) in [6, 6.07) is 10.7. The van der Waals surface area contributed by atoms with E-state index in [4.69, 9.17) is 10.5 Å². The molecule has 0 spiro atoms. The number of nitrogens with two attached hydrogens (primary N) is 1. The molecule has 0 atom stereocenters. The van der Waals surface area contributed by atoms with Crippen LogP contribution < -0.4 is 10.5 Å². The van der Waals surface area contributed by atoms with Crippen LogP contribution in [0.2, 0.25) is 0 Å². The second kappa shape index (κ2) is 7.62. The lowest BCUT2D eigenvalue weighted by atomic mass is 10.0. The zero-order chi connectivity index (χ0) is 20.5. The van der Waals surface area contributed by atoms with Gasteiger partial charge in [-0.2, -0.15) is 0 Å². The third kappa shape index (κ3) is 3.46. The van der Waals surface area contributed by atoms with Crippen LogP contribution >= 0.6 is 0 Å². The average Bonchev–Trinajstić information content (AvgIpc) is 2.86. The van der Waals surface area contributed by atoms with Crippen LogP contribution in [0.15, 0.2) is 36.4 Å². The Morgan fingerprint density at radius 2 is 1.93 bits per heavy atom. The van der Waals surface area contributed by atoms with Gasteiger partial charge >= 0.3 is 5.97 Å². The summed E-state index contributed by atoms with van der Waals surface area (Å²) in [4.78, 5) is 23.7. The molecule has 0 aliphatic heterocycles. The number of primary amides is 1. The van der Waals surface area contributed by atoms with Crippen molar-refractivity contribution in [3.05, 3.63) is 64.3 Å². The summed E-state index contributed by atoms with van der Waals surface area (Å²) in [6.07, 6.45) is 5.22. The van der Waals surface area contributed by atoms with E-state index in [0.717, 1.165) is 42.1 Å². The van der Waals surface area contributed by atoms with E-state index >= 15 is 0 Å². The Labute approximate surface area is 168 Å². The number of aromatic carboxylic acids is 1. The summed E-state index contributed by atoms with van der Waals surface area (Å²) < 4.78 is 7.45. The van der Waals surface area contributed by atoms with Crippen molar-refractivity contribution >= 4 is 22.8 Å². The topological polar surface area (TPSA) is 94.6 Å². The van der Waals surface area contributed by atoms with Crippen LogP contribution in [-0.4, -0.2) is 28.7 Å². The van der Waals surface area contributed by atoms with E-state index in [9.17, 15) is 14.7 Å². The number of benzene rings is 2. The SMILES string of the molecule is COc1cc(Cn2c3c(c4cccc(C(=O)O)c42)CCCCC3)cc(C(N)=O)c1. The maximum atomic E-state index is 11.9. The van der Waals surface area contributed by atoms with E-state index in [0.29, 0.717) is 23.4 Å². The standard InChI is InChI=1S/C23H24N2O4/c1-29-16-11-14(10-15(12-16)22(24)26)13-25-20-9-4-2-3-6-17(20)18-7-5-8-19(21(18)25)23(27)28/h5,7-8,10-12H,2-4,6,9,13H2,1H3,(H2,24,26)(H,27,28). The number of carboxylic acids is 1. The fraction of sp³-hybridized carbons (Fsp3) is 0.304. The van der Waals surface area contributed by atoms with E-state index in [1.165, 1.54) is 17.7 Å². The Balaban J connectivity index is 1.94. The molecular weight excluding hydrogens is 368 g/mol. The Morgan fingerprint density at radius 1 is 1.14 bits per heavy atom. The molecule has 0 fully saturated rings. The number of carbonyl (C=O) groups excluding carboxylic acids is 1. The van der Waals surface area contributed by atoms with Crippen LogP contribution in [-0.2, 0) is 19.4 Å². The number of hydrogen-bond donors (Lipinski definition) is 2. The van der Waals surface area contributed by atoms with Crippen LogP contribution in [0.3, 0.4) is 0 Å². The molecule has 1 aliphatic carbocycles. The zero-order valence-corrected chi connectivity index (χ0v) is 16.4. The van der Waals surface area contributed by atoms with E-state index < -0.39 is 11.9 Å². The van der Waals surface area contributed by atoms with Crippen molar-refractivity contribution in [3.8, 4) is 5.75 Å². The van der Waals surface area contributed by atoms with E-state index in [2.05, 4.69) is 4.57 Å². The van der Waals surface area contributed by atoms with Gasteiger partial charge in [-0.05, 0) is 61.1 Å². The van der Waals surface area contributed by atoms with Gasteiger partial charge in [0.2, 0.25) is 5.91 Å². The molecule has 1 heterocycles. The van der Waals surface area contributed by atoms with Gasteiger partial charge in [-0.3, -0.25) is 4.79 Å². The van der Waals surface area contributed by atoms with E-state index in [-0.39, 0.29) is 0 Å². The highest BCUT2D eigenvalue weighted by molar-refractivity contribution is 6.04. The number of nitrogens with zero attached hydrogens (tertiary/aromatic N) is 1. The molecule has 0 saturated carbocycles. The molecule has 0 radical (unpaired) electrons. The summed E-state index contributed by atoms with van der Waals surface area (Å²) in [5.74, 6) is -0.905. The van der Waals surface area contributed by atoms with Crippen molar-refractivity contribution in [2.24, 2.45) is 5.73 Å². The molecular formula is C23H24N2O4. The van der Waals surface area contributed by atoms with Crippen LogP contribution in [0.4, 0.5) is 0 Å². The second-order valence-electron chi connectivity index (χ2n) is 7.51. The number of para-hydroxylation sites is 1. The Morgan fingerprint density at radius 3 is 2.66 bits per heavy atom. The van der Waals surface area contributed by atoms with Crippen molar-refractivity contribution in [2.75, 3.05) is 7.11 Å². The number of aromatic nitrogens is 1. The van der Waals surface area contributed by atoms with Gasteiger partial charge in [0, 0.05) is 23.2 Å². The molecule has 3 aromatic rings. The average molecular weight is 392 g/mol. The van der Waals surface area contributed by atoms with Gasteiger partial charge in [0.25, 0.3) is 0 Å². The summed E-state index contributed by atoms with van der Waals surface area (Å²) in [5, 5.41) is 10.8. The fourth-order valence-corrected chi connectivity index (χ4v) is 4.41. The molecule has 1 amide bonds. The van der Waals surface area contributed by atoms with Crippen molar-refractivity contribution in [1.82, 2.24) is 4.57 Å². The maximum Gasteiger partial charge on any atom is 0.337 e. The van der Waals surface area contributed by atoms with Crippen molar-refractivity contribution in [2.45, 2.75) is 38.6 Å². The molecule has 1 aliphatic rings. The number of aryl methyl sites for hydroxylation is 1. The predicted octanol–water partition coefficient (Wildman–Crippen LogP) is 3.76. The molecule has 29 heavy (non-hydrogen) atoms. The van der Waals surface area contributed by atoms with Gasteiger partial charge < -0.3 is 20.1 Å². The fourth-order valence-electron chi connectivity index (χ4n) is 4.41. The van der Waals surface area contributed by atoms with Crippen LogP contribution in [0.1, 0.15) is 56.8 Å². The largest absolute Gasteiger partial charge is 0.497 e. The van der Waals surface area contributed by atoms with Crippen molar-refractivity contribution < 1.29 is 19.4 Å². The van der Waals surface area contributed by atoms with Crippen LogP contribution in [0, 0.1) is 0 Å². The lowest BCUT2D eigenvalue weighted by Gasteiger charge is -2.14. The molecule has 6 heteroatoms. The summed E-state index contributed by atoms with van der Waals surface area (Å²) in [5.41, 5.74) is 10.2. The third-order valence-electron chi connectivity index (χ3n) is 5.70. The zero-order valence-electron chi connectivity index (χ0n) is 16.4. The van der Waals surface area contributed by atoms with Gasteiger partial charge in [0.1, 0.15) is 5.75 Å². The quantitative estimate of drug-likeness (QED) is 0.646. The second-order valence-corrected chi connectivity index (χ2v) is 7.51. The van der Waals surface area contributed by atoms with Crippen molar-refractivity contribution in [1.29, 1.82) is 0 Å². The number of methoxy groups -OCH3 is 1. The Bertz CT molecular complexity index is 1110. The number of carboxylic acid groups (broad SMARTS) is 1. The molecule has 1 aromatic heterocycles. The number of rotatable bonds is 5. The van der Waals surface area contributed by atoms with Gasteiger partial charge in [-0.25, -0.2) is 4.79 Å². The third-order valence-corrected chi connectivity index (χ3v) is 5.70. The van der Waals surface area contributed by atoms with E-state index in [1.807, 2.05) is 18.2 Å². The molecule has 150 valence electrons. The number of ether oxygens (including phenoxy) is 1. The van der Waals surface area contributed by atoms with Gasteiger partial charge in [0.15, 0.2) is 0 Å². The highest BCUT2D eigenvalue weighted by Gasteiger charge is 2.23. The maximum absolute atomic E-state index is 11.9. The lowest BCUT2D eigenvalue weighted by molar-refractivity contribution is 0.0698. The molecule has 2 aromatic carbocycles. The normalized spacial score (nSPS) is 13.7. The molecule has 0 unspecified atom stereocenters.